The van der Waals surface area contributed by atoms with E-state index in [9.17, 15) is 12.9 Å². The average molecular weight is 186 g/mol. The van der Waals surface area contributed by atoms with Crippen LogP contribution in [0.2, 0.25) is 0 Å². The van der Waals surface area contributed by atoms with E-state index in [0.717, 1.165) is 18.6 Å². The Morgan fingerprint density at radius 2 is 1.91 bits per heavy atom. The Bertz CT molecular complexity index is 214. The normalized spacial score (nSPS) is 10.5. The van der Waals surface area contributed by atoms with Crippen LogP contribution < -0.4 is 57.0 Å². The van der Waals surface area contributed by atoms with Crippen LogP contribution in [0, 0.1) is 0 Å². The Kier molecular flexibility index (Phi) is 4.80. The van der Waals surface area contributed by atoms with Crippen LogP contribution in [-0.4, -0.2) is 16.9 Å². The van der Waals surface area contributed by atoms with E-state index in [1.807, 2.05) is 0 Å². The molecule has 0 aliphatic rings. The van der Waals surface area contributed by atoms with Crippen LogP contribution in [-0.2, 0) is 0 Å². The molecule has 0 spiro atoms. The molecule has 1 aromatic rings. The van der Waals surface area contributed by atoms with Gasteiger partial charge in [-0.3, -0.25) is 4.98 Å². The maximum absolute atomic E-state index is 11.8. The summed E-state index contributed by atoms with van der Waals surface area (Å²) in [4.78, 5) is 6.40. The van der Waals surface area contributed by atoms with Gasteiger partial charge in [-0.1, -0.05) is 6.07 Å². The van der Waals surface area contributed by atoms with Crippen molar-refractivity contribution >= 4 is 12.6 Å². The molecule has 0 N–H and O–H groups in total. The molecule has 1 heterocycles. The molecule has 0 unspecified atom stereocenters. The van der Waals surface area contributed by atoms with E-state index >= 15 is 0 Å². The van der Waals surface area contributed by atoms with E-state index in [0.29, 0.717) is 0 Å². The fourth-order valence-corrected chi connectivity index (χ4v) is 0.495. The fourth-order valence-electron chi connectivity index (χ4n) is 0.495. The van der Waals surface area contributed by atoms with Crippen LogP contribution in [0.15, 0.2) is 18.6 Å². The summed E-state index contributed by atoms with van der Waals surface area (Å²) in [6.07, 6.45) is 1.95. The SMILES string of the molecule is F[B-](F)(F)c1ccncn1.[K+]. The minimum Gasteiger partial charge on any atom is -0.444 e. The molecule has 54 valence electrons. The van der Waals surface area contributed by atoms with Crippen LogP contribution in [0.3, 0.4) is 0 Å². The average Bonchev–Trinajstić information content (AvgIpc) is 1.88. The van der Waals surface area contributed by atoms with Gasteiger partial charge in [0.2, 0.25) is 0 Å². The van der Waals surface area contributed by atoms with Gasteiger partial charge >= 0.3 is 58.4 Å². The predicted molar refractivity (Wildman–Crippen MR) is 30.7 cm³/mol. The van der Waals surface area contributed by atoms with E-state index in [1.54, 1.807) is 0 Å². The maximum atomic E-state index is 11.8. The van der Waals surface area contributed by atoms with Crippen LogP contribution in [0.1, 0.15) is 0 Å². The largest absolute Gasteiger partial charge is 1.00 e. The summed E-state index contributed by atoms with van der Waals surface area (Å²) in [5.41, 5.74) is -0.852. The van der Waals surface area contributed by atoms with Gasteiger partial charge in [-0.05, 0) is 5.59 Å². The Hall–Kier alpha value is 0.571. The summed E-state index contributed by atoms with van der Waals surface area (Å²) < 4.78 is 35.3. The van der Waals surface area contributed by atoms with Gasteiger partial charge in [0.1, 0.15) is 6.33 Å². The molecule has 0 aromatic carbocycles. The van der Waals surface area contributed by atoms with Crippen molar-refractivity contribution in [2.24, 2.45) is 0 Å². The van der Waals surface area contributed by atoms with Crippen LogP contribution in [0.25, 0.3) is 0 Å². The van der Waals surface area contributed by atoms with E-state index in [-0.39, 0.29) is 51.4 Å². The van der Waals surface area contributed by atoms with Crippen molar-refractivity contribution in [2.75, 3.05) is 0 Å². The number of halogens is 3. The molecule has 0 saturated carbocycles. The Labute approximate surface area is 104 Å². The second kappa shape index (κ2) is 4.56. The van der Waals surface area contributed by atoms with Gasteiger partial charge in [-0.2, -0.15) is 0 Å². The van der Waals surface area contributed by atoms with Crippen LogP contribution in [0.4, 0.5) is 12.9 Å². The molecule has 7 heteroatoms. The topological polar surface area (TPSA) is 25.8 Å². The van der Waals surface area contributed by atoms with Gasteiger partial charge in [0.15, 0.2) is 0 Å². The summed E-state index contributed by atoms with van der Waals surface area (Å²) in [5.74, 6) is 0. The Morgan fingerprint density at radius 3 is 2.18 bits per heavy atom. The van der Waals surface area contributed by atoms with Crippen LogP contribution in [0.5, 0.6) is 0 Å². The van der Waals surface area contributed by atoms with Crippen molar-refractivity contribution in [1.82, 2.24) is 9.97 Å². The van der Waals surface area contributed by atoms with Crippen molar-refractivity contribution in [3.8, 4) is 0 Å². The number of aromatic nitrogens is 2. The molecule has 1 aromatic heterocycles. The number of hydrogen-bond acceptors (Lipinski definition) is 2. The molecule has 0 aliphatic carbocycles. The standard InChI is InChI=1S/C4H3BF3N2.K/c6-5(7,8)4-1-2-9-3-10-4;/h1-3H;/q-1;+1. The number of hydrogen-bond donors (Lipinski definition) is 0. The van der Waals surface area contributed by atoms with Gasteiger partial charge in [0.25, 0.3) is 0 Å². The van der Waals surface area contributed by atoms with Gasteiger partial charge in [-0.15, -0.1) is 0 Å². The predicted octanol–water partition coefficient (Wildman–Crippen LogP) is -2.46. The first-order chi connectivity index (χ1) is 4.61. The quantitative estimate of drug-likeness (QED) is 0.454. The molecule has 0 amide bonds. The van der Waals surface area contributed by atoms with Crippen molar-refractivity contribution in [3.63, 3.8) is 0 Å². The third-order valence-electron chi connectivity index (χ3n) is 0.940. The Morgan fingerprint density at radius 1 is 1.27 bits per heavy atom. The molecular weight excluding hydrogens is 183 g/mol. The first-order valence-corrected chi connectivity index (χ1v) is 2.56. The monoisotopic (exact) mass is 186 g/mol. The van der Waals surface area contributed by atoms with Gasteiger partial charge in [0.05, 0.1) is 0 Å². The molecule has 2 nitrogen and oxygen atoms in total. The third-order valence-corrected chi connectivity index (χ3v) is 0.940. The zero-order chi connectivity index (χ0) is 7.61. The summed E-state index contributed by atoms with van der Waals surface area (Å²) >= 11 is 0. The molecule has 1 rings (SSSR count). The van der Waals surface area contributed by atoms with E-state index in [1.165, 1.54) is 0 Å². The van der Waals surface area contributed by atoms with Crippen LogP contribution >= 0.6 is 0 Å². The zero-order valence-corrected chi connectivity index (χ0v) is 8.96. The van der Waals surface area contributed by atoms with Gasteiger partial charge in [0, 0.05) is 6.20 Å². The number of nitrogens with zero attached hydrogens (tertiary/aromatic N) is 2. The molecule has 0 bridgehead atoms. The number of rotatable bonds is 1. The summed E-state index contributed by atoms with van der Waals surface area (Å²) in [7, 11) is 0. The second-order valence-corrected chi connectivity index (χ2v) is 1.71. The minimum atomic E-state index is -4.96. The van der Waals surface area contributed by atoms with Crippen molar-refractivity contribution in [3.05, 3.63) is 18.6 Å². The molecular formula is C4H3BF3KN2. The van der Waals surface area contributed by atoms with E-state index < -0.39 is 12.6 Å². The fraction of sp³-hybridized carbons (Fsp3) is 0. The van der Waals surface area contributed by atoms with Crippen molar-refractivity contribution in [2.45, 2.75) is 0 Å². The second-order valence-electron chi connectivity index (χ2n) is 1.71. The smallest absolute Gasteiger partial charge is 0.444 e. The molecule has 0 saturated heterocycles. The van der Waals surface area contributed by atoms with Gasteiger partial charge in [-0.25, -0.2) is 4.98 Å². The first kappa shape index (κ1) is 11.6. The maximum Gasteiger partial charge on any atom is 1.00 e. The molecule has 11 heavy (non-hydrogen) atoms. The zero-order valence-electron chi connectivity index (χ0n) is 5.84. The summed E-state index contributed by atoms with van der Waals surface area (Å²) in [6, 6.07) is 0.847. The molecule has 0 fully saturated rings. The first-order valence-electron chi connectivity index (χ1n) is 2.56. The summed E-state index contributed by atoms with van der Waals surface area (Å²) in [5, 5.41) is 0. The summed E-state index contributed by atoms with van der Waals surface area (Å²) in [6.45, 7) is -4.96. The van der Waals surface area contributed by atoms with Crippen molar-refractivity contribution < 1.29 is 64.3 Å². The third kappa shape index (κ3) is 3.66. The van der Waals surface area contributed by atoms with Gasteiger partial charge < -0.3 is 12.9 Å². The molecule has 0 aliphatic heterocycles. The van der Waals surface area contributed by atoms with E-state index in [2.05, 4.69) is 9.97 Å². The van der Waals surface area contributed by atoms with Crippen molar-refractivity contribution in [1.29, 1.82) is 0 Å². The molecule has 0 atom stereocenters. The Balaban J connectivity index is 0.000001000. The molecule has 0 radical (unpaired) electrons. The minimum absolute atomic E-state index is 0. The van der Waals surface area contributed by atoms with E-state index in [4.69, 9.17) is 0 Å².